The maximum absolute atomic E-state index is 12.3. The molecule has 1 aromatic carbocycles. The zero-order valence-corrected chi connectivity index (χ0v) is 9.49. The van der Waals surface area contributed by atoms with E-state index >= 15 is 0 Å². The quantitative estimate of drug-likeness (QED) is 0.613. The minimum absolute atomic E-state index is 0.527. The van der Waals surface area contributed by atoms with E-state index < -0.39 is 46.2 Å². The Morgan fingerprint density at radius 2 is 2.10 bits per heavy atom. The minimum Gasteiger partial charge on any atom is -0.479 e. The third-order valence-electron chi connectivity index (χ3n) is 2.21. The summed E-state index contributed by atoms with van der Waals surface area (Å²) in [4.78, 5) is 20.3. The van der Waals surface area contributed by atoms with Crippen molar-refractivity contribution in [2.75, 3.05) is 0 Å². The number of ether oxygens (including phenoxy) is 1. The van der Waals surface area contributed by atoms with E-state index in [0.29, 0.717) is 6.07 Å². The fraction of sp³-hybridized carbons (Fsp3) is 0.200. The van der Waals surface area contributed by atoms with E-state index in [1.54, 1.807) is 0 Å². The fourth-order valence-corrected chi connectivity index (χ4v) is 1.44. The number of rotatable bonds is 5. The predicted molar refractivity (Wildman–Crippen MR) is 57.0 cm³/mol. The van der Waals surface area contributed by atoms with Crippen molar-refractivity contribution in [1.29, 1.82) is 5.26 Å². The van der Waals surface area contributed by atoms with Gasteiger partial charge >= 0.3 is 18.3 Å². The van der Waals surface area contributed by atoms with Crippen LogP contribution in [0.15, 0.2) is 12.1 Å². The van der Waals surface area contributed by atoms with Crippen LogP contribution in [-0.4, -0.2) is 27.7 Å². The van der Waals surface area contributed by atoms with Gasteiger partial charge in [0.2, 0.25) is 5.75 Å². The van der Waals surface area contributed by atoms with E-state index in [-0.39, 0.29) is 0 Å². The van der Waals surface area contributed by atoms with E-state index in [9.17, 15) is 28.8 Å². The molecule has 0 aliphatic carbocycles. The molecular weight excluding hydrogens is 282 g/mol. The molecule has 1 unspecified atom stereocenters. The van der Waals surface area contributed by atoms with Crippen LogP contribution < -0.4 is 4.74 Å². The van der Waals surface area contributed by atoms with Crippen LogP contribution in [0.5, 0.6) is 5.75 Å². The molecule has 0 amide bonds. The smallest absolute Gasteiger partial charge is 0.387 e. The van der Waals surface area contributed by atoms with Crippen molar-refractivity contribution in [2.45, 2.75) is 12.7 Å². The lowest BCUT2D eigenvalue weighted by atomic mass is 10.0. The lowest BCUT2D eigenvalue weighted by Gasteiger charge is -2.14. The molecule has 8 nitrogen and oxygen atoms in total. The molecule has 20 heavy (non-hydrogen) atoms. The molecule has 1 aromatic rings. The van der Waals surface area contributed by atoms with Gasteiger partial charge in [0, 0.05) is 6.07 Å². The molecule has 1 rings (SSSR count). The molecule has 0 radical (unpaired) electrons. The normalized spacial score (nSPS) is 11.8. The molecule has 0 bridgehead atoms. The first-order valence-corrected chi connectivity index (χ1v) is 4.86. The van der Waals surface area contributed by atoms with Crippen molar-refractivity contribution in [2.24, 2.45) is 0 Å². The summed E-state index contributed by atoms with van der Waals surface area (Å²) in [5, 5.41) is 37.6. The molecule has 0 aromatic heterocycles. The first kappa shape index (κ1) is 15.3. The van der Waals surface area contributed by atoms with E-state index in [2.05, 4.69) is 4.74 Å². The molecule has 0 aliphatic rings. The average molecular weight is 288 g/mol. The van der Waals surface area contributed by atoms with E-state index in [1.807, 2.05) is 0 Å². The third kappa shape index (κ3) is 2.96. The highest BCUT2D eigenvalue weighted by Crippen LogP contribution is 2.38. The second kappa shape index (κ2) is 5.89. The largest absolute Gasteiger partial charge is 0.479 e. The summed E-state index contributed by atoms with van der Waals surface area (Å²) in [7, 11) is 0. The first-order valence-electron chi connectivity index (χ1n) is 4.86. The molecular formula is C10H6F2N2O6. The summed E-state index contributed by atoms with van der Waals surface area (Å²) < 4.78 is 28.5. The standard InChI is InChI=1S/C10H6F2N2O6/c11-10(12)20-8-5(14(18)19)2-1-4(3-13)6(8)7(15)9(16)17/h1-2,7,10,15H,(H,16,17). The average Bonchev–Trinajstić information content (AvgIpc) is 2.36. The first-order chi connectivity index (χ1) is 9.29. The van der Waals surface area contributed by atoms with E-state index in [1.165, 1.54) is 6.07 Å². The molecule has 10 heteroatoms. The van der Waals surface area contributed by atoms with Gasteiger partial charge in [0.25, 0.3) is 0 Å². The number of carboxylic acid groups (broad SMARTS) is 1. The van der Waals surface area contributed by atoms with Gasteiger partial charge in [-0.1, -0.05) is 0 Å². The Morgan fingerprint density at radius 1 is 1.50 bits per heavy atom. The second-order valence-electron chi connectivity index (χ2n) is 3.36. The summed E-state index contributed by atoms with van der Waals surface area (Å²) in [5.74, 6) is -3.03. The monoisotopic (exact) mass is 288 g/mol. The van der Waals surface area contributed by atoms with Crippen LogP contribution in [0.2, 0.25) is 0 Å². The SMILES string of the molecule is N#Cc1ccc([N+](=O)[O-])c(OC(F)F)c1C(O)C(=O)O. The van der Waals surface area contributed by atoms with Crippen molar-refractivity contribution in [3.63, 3.8) is 0 Å². The van der Waals surface area contributed by atoms with Gasteiger partial charge in [-0.05, 0) is 6.07 Å². The number of benzene rings is 1. The second-order valence-corrected chi connectivity index (χ2v) is 3.36. The van der Waals surface area contributed by atoms with Gasteiger partial charge in [0.15, 0.2) is 6.10 Å². The molecule has 0 saturated heterocycles. The maximum atomic E-state index is 12.3. The van der Waals surface area contributed by atoms with Crippen LogP contribution >= 0.6 is 0 Å². The molecule has 2 N–H and O–H groups in total. The van der Waals surface area contributed by atoms with Gasteiger partial charge in [-0.2, -0.15) is 14.0 Å². The number of carboxylic acids is 1. The zero-order chi connectivity index (χ0) is 15.4. The fourth-order valence-electron chi connectivity index (χ4n) is 1.44. The van der Waals surface area contributed by atoms with Crippen LogP contribution in [0.3, 0.4) is 0 Å². The van der Waals surface area contributed by atoms with Gasteiger partial charge in [-0.15, -0.1) is 0 Å². The number of aliphatic carboxylic acids is 1. The number of nitriles is 1. The lowest BCUT2D eigenvalue weighted by Crippen LogP contribution is -2.16. The Labute approximate surface area is 109 Å². The number of aliphatic hydroxyl groups excluding tert-OH is 1. The number of alkyl halides is 2. The van der Waals surface area contributed by atoms with Crippen molar-refractivity contribution in [3.8, 4) is 11.8 Å². The number of carbonyl (C=O) groups is 1. The number of hydrogen-bond acceptors (Lipinski definition) is 6. The third-order valence-corrected chi connectivity index (χ3v) is 2.21. The minimum atomic E-state index is -3.50. The zero-order valence-electron chi connectivity index (χ0n) is 9.49. The van der Waals surface area contributed by atoms with Gasteiger partial charge in [-0.25, -0.2) is 4.79 Å². The summed E-state index contributed by atoms with van der Waals surface area (Å²) in [6, 6.07) is 2.97. The molecule has 0 heterocycles. The van der Waals surface area contributed by atoms with Crippen molar-refractivity contribution >= 4 is 11.7 Å². The Balaban J connectivity index is 3.64. The summed E-state index contributed by atoms with van der Waals surface area (Å²) in [5.41, 5.74) is -2.41. The molecule has 0 aliphatic heterocycles. The van der Waals surface area contributed by atoms with Gasteiger partial charge in [-0.3, -0.25) is 10.1 Å². The van der Waals surface area contributed by atoms with Crippen LogP contribution in [0, 0.1) is 21.4 Å². The summed E-state index contributed by atoms with van der Waals surface area (Å²) >= 11 is 0. The number of nitro groups is 1. The van der Waals surface area contributed by atoms with Crippen molar-refractivity contribution in [3.05, 3.63) is 33.4 Å². The van der Waals surface area contributed by atoms with E-state index in [4.69, 9.17) is 10.4 Å². The Kier molecular flexibility index (Phi) is 4.50. The van der Waals surface area contributed by atoms with Crippen LogP contribution in [-0.2, 0) is 4.79 Å². The number of nitro benzene ring substituents is 1. The van der Waals surface area contributed by atoms with Crippen LogP contribution in [0.4, 0.5) is 14.5 Å². The highest BCUT2D eigenvalue weighted by atomic mass is 19.3. The molecule has 0 fully saturated rings. The molecule has 106 valence electrons. The number of nitrogens with zero attached hydrogens (tertiary/aromatic N) is 2. The molecule has 0 spiro atoms. The maximum Gasteiger partial charge on any atom is 0.387 e. The Morgan fingerprint density at radius 3 is 2.50 bits per heavy atom. The number of hydrogen-bond donors (Lipinski definition) is 2. The van der Waals surface area contributed by atoms with Crippen molar-refractivity contribution < 1.29 is 33.4 Å². The Bertz CT molecular complexity index is 598. The lowest BCUT2D eigenvalue weighted by molar-refractivity contribution is -0.386. The van der Waals surface area contributed by atoms with Crippen LogP contribution in [0.25, 0.3) is 0 Å². The predicted octanol–water partition coefficient (Wildman–Crippen LogP) is 1.19. The van der Waals surface area contributed by atoms with Crippen molar-refractivity contribution in [1.82, 2.24) is 0 Å². The summed E-state index contributed by atoms with van der Waals surface area (Å²) in [6.07, 6.45) is -2.42. The van der Waals surface area contributed by atoms with Gasteiger partial charge < -0.3 is 14.9 Å². The van der Waals surface area contributed by atoms with Gasteiger partial charge in [0.1, 0.15) is 0 Å². The van der Waals surface area contributed by atoms with E-state index in [0.717, 1.165) is 6.07 Å². The van der Waals surface area contributed by atoms with Gasteiger partial charge in [0.05, 0.1) is 22.1 Å². The highest BCUT2D eigenvalue weighted by Gasteiger charge is 2.32. The Hall–Kier alpha value is -2.80. The summed E-state index contributed by atoms with van der Waals surface area (Å²) in [6.45, 7) is -3.50. The molecule has 1 atom stereocenters. The molecule has 0 saturated carbocycles. The highest BCUT2D eigenvalue weighted by molar-refractivity contribution is 5.78. The number of halogens is 2. The topological polar surface area (TPSA) is 134 Å². The number of aliphatic hydroxyl groups is 1. The van der Waals surface area contributed by atoms with Crippen LogP contribution in [0.1, 0.15) is 17.2 Å².